The molecule has 2 aromatic rings. The van der Waals surface area contributed by atoms with Gasteiger partial charge in [-0.05, 0) is 12.1 Å². The van der Waals surface area contributed by atoms with Gasteiger partial charge in [0.25, 0.3) is 5.56 Å². The van der Waals surface area contributed by atoms with Gasteiger partial charge in [-0.25, -0.2) is 4.79 Å². The third kappa shape index (κ3) is 1.98. The zero-order chi connectivity index (χ0) is 12.4. The van der Waals surface area contributed by atoms with Gasteiger partial charge in [0.15, 0.2) is 0 Å². The van der Waals surface area contributed by atoms with Crippen LogP contribution in [0, 0.1) is 0 Å². The lowest BCUT2D eigenvalue weighted by Crippen LogP contribution is -2.31. The molecule has 0 bridgehead atoms. The number of nitrogens with zero attached hydrogens (tertiary/aromatic N) is 1. The van der Waals surface area contributed by atoms with Crippen LogP contribution in [0.5, 0.6) is 5.75 Å². The Bertz CT molecular complexity index is 657. The maximum atomic E-state index is 11.6. The molecule has 0 unspecified atom stereocenters. The minimum Gasteiger partial charge on any atom is -0.506 e. The van der Waals surface area contributed by atoms with Gasteiger partial charge < -0.3 is 10.8 Å². The topological polar surface area (TPSA) is 101 Å². The first kappa shape index (κ1) is 11.2. The number of H-pyrrole nitrogens is 1. The highest BCUT2D eigenvalue weighted by Crippen LogP contribution is 2.18. The minimum atomic E-state index is -0.617. The Balaban J connectivity index is 2.73. The van der Waals surface area contributed by atoms with E-state index in [9.17, 15) is 14.7 Å². The first-order valence-electron chi connectivity index (χ1n) is 4.97. The van der Waals surface area contributed by atoms with Crippen molar-refractivity contribution in [2.75, 3.05) is 0 Å². The number of nitrogens with one attached hydrogen (secondary N) is 1. The predicted octanol–water partition coefficient (Wildman–Crippen LogP) is -0.310. The Morgan fingerprint density at radius 2 is 2.00 bits per heavy atom. The molecule has 0 radical (unpaired) electrons. The summed E-state index contributed by atoms with van der Waals surface area (Å²) in [6.45, 7) is 0.0171. The molecule has 0 saturated carbocycles. The fourth-order valence-electron chi connectivity index (χ4n) is 1.50. The lowest BCUT2D eigenvalue weighted by molar-refractivity contribution is 0.471. The number of nitrogens with two attached hydrogens (primary N) is 1. The van der Waals surface area contributed by atoms with Crippen LogP contribution >= 0.6 is 0 Å². The molecule has 6 nitrogen and oxygen atoms in total. The van der Waals surface area contributed by atoms with E-state index in [-0.39, 0.29) is 17.9 Å². The summed E-state index contributed by atoms with van der Waals surface area (Å²) in [5.41, 5.74) is 4.83. The highest BCUT2D eigenvalue weighted by molar-refractivity contribution is 5.45. The lowest BCUT2D eigenvalue weighted by atomic mass is 10.2. The van der Waals surface area contributed by atoms with E-state index in [4.69, 9.17) is 5.73 Å². The number of rotatable bonds is 2. The van der Waals surface area contributed by atoms with Crippen molar-refractivity contribution in [2.45, 2.75) is 6.54 Å². The second kappa shape index (κ2) is 4.26. The second-order valence-corrected chi connectivity index (χ2v) is 3.48. The van der Waals surface area contributed by atoms with Crippen LogP contribution < -0.4 is 17.0 Å². The maximum absolute atomic E-state index is 11.6. The number of para-hydroxylation sites is 2. The van der Waals surface area contributed by atoms with Crippen LogP contribution in [-0.2, 0) is 6.54 Å². The van der Waals surface area contributed by atoms with Crippen LogP contribution in [-0.4, -0.2) is 14.7 Å². The molecule has 0 aliphatic heterocycles. The molecular weight excluding hydrogens is 222 g/mol. The first-order valence-corrected chi connectivity index (χ1v) is 4.97. The molecule has 0 fully saturated rings. The number of phenolic OH excluding ortho intramolecular Hbond substituents is 1. The number of aromatic hydroxyl groups is 1. The summed E-state index contributed by atoms with van der Waals surface area (Å²) in [7, 11) is 0. The normalized spacial score (nSPS) is 10.4. The Labute approximate surface area is 96.0 Å². The molecule has 0 atom stereocenters. The van der Waals surface area contributed by atoms with E-state index in [2.05, 4.69) is 4.98 Å². The number of hydrogen-bond acceptors (Lipinski definition) is 4. The third-order valence-corrected chi connectivity index (χ3v) is 2.38. The monoisotopic (exact) mass is 233 g/mol. The molecule has 1 aromatic heterocycles. The van der Waals surface area contributed by atoms with Crippen molar-refractivity contribution in [2.24, 2.45) is 5.73 Å². The van der Waals surface area contributed by atoms with E-state index in [1.165, 1.54) is 12.3 Å². The molecule has 0 amide bonds. The van der Waals surface area contributed by atoms with Gasteiger partial charge in [0.05, 0.1) is 5.69 Å². The summed E-state index contributed by atoms with van der Waals surface area (Å²) in [5.74, 6) is -0.0513. The summed E-state index contributed by atoms with van der Waals surface area (Å²) < 4.78 is 1.15. The van der Waals surface area contributed by atoms with Gasteiger partial charge in [-0.1, -0.05) is 12.1 Å². The highest BCUT2D eigenvalue weighted by atomic mass is 16.3. The largest absolute Gasteiger partial charge is 0.506 e. The van der Waals surface area contributed by atoms with E-state index in [1.807, 2.05) is 0 Å². The fourth-order valence-corrected chi connectivity index (χ4v) is 1.50. The highest BCUT2D eigenvalue weighted by Gasteiger charge is 2.07. The molecule has 88 valence electrons. The van der Waals surface area contributed by atoms with Crippen LogP contribution in [0.1, 0.15) is 5.56 Å². The van der Waals surface area contributed by atoms with Gasteiger partial charge in [-0.3, -0.25) is 14.3 Å². The van der Waals surface area contributed by atoms with Gasteiger partial charge in [0.1, 0.15) is 5.75 Å². The molecule has 0 aliphatic carbocycles. The van der Waals surface area contributed by atoms with Crippen molar-refractivity contribution in [1.82, 2.24) is 9.55 Å². The van der Waals surface area contributed by atoms with E-state index >= 15 is 0 Å². The Hall–Kier alpha value is -2.34. The zero-order valence-electron chi connectivity index (χ0n) is 8.88. The quantitative estimate of drug-likeness (QED) is 0.662. The summed E-state index contributed by atoms with van der Waals surface area (Å²) in [4.78, 5) is 25.1. The summed E-state index contributed by atoms with van der Waals surface area (Å²) in [5, 5.41) is 9.64. The third-order valence-electron chi connectivity index (χ3n) is 2.38. The van der Waals surface area contributed by atoms with Crippen LogP contribution in [0.3, 0.4) is 0 Å². The zero-order valence-corrected chi connectivity index (χ0v) is 8.88. The standard InChI is InChI=1S/C11H11N3O3/c12-5-7-6-14(11(17)13-10(7)16)8-3-1-2-4-9(8)15/h1-4,6,15H,5,12H2,(H,13,16,17). The number of aromatic nitrogens is 2. The van der Waals surface area contributed by atoms with E-state index in [0.717, 1.165) is 4.57 Å². The fraction of sp³-hybridized carbons (Fsp3) is 0.0909. The molecule has 1 heterocycles. The minimum absolute atomic E-state index is 0.0171. The van der Waals surface area contributed by atoms with Gasteiger partial charge in [-0.2, -0.15) is 0 Å². The number of aromatic amines is 1. The van der Waals surface area contributed by atoms with Gasteiger partial charge >= 0.3 is 5.69 Å². The molecule has 0 saturated heterocycles. The molecule has 0 spiro atoms. The maximum Gasteiger partial charge on any atom is 0.333 e. The average molecular weight is 233 g/mol. The first-order chi connectivity index (χ1) is 8.13. The van der Waals surface area contributed by atoms with Gasteiger partial charge in [0.2, 0.25) is 0 Å². The van der Waals surface area contributed by atoms with Crippen molar-refractivity contribution in [3.05, 3.63) is 56.9 Å². The van der Waals surface area contributed by atoms with E-state index in [0.29, 0.717) is 5.69 Å². The summed E-state index contributed by atoms with van der Waals surface area (Å²) in [6, 6.07) is 6.33. The van der Waals surface area contributed by atoms with Gasteiger partial charge in [0, 0.05) is 18.3 Å². The smallest absolute Gasteiger partial charge is 0.333 e. The van der Waals surface area contributed by atoms with Crippen LogP contribution in [0.25, 0.3) is 5.69 Å². The average Bonchev–Trinajstić information content (AvgIpc) is 2.31. The number of phenols is 1. The Kier molecular flexibility index (Phi) is 2.80. The van der Waals surface area contributed by atoms with E-state index in [1.54, 1.807) is 18.2 Å². The molecule has 17 heavy (non-hydrogen) atoms. The molecule has 4 N–H and O–H groups in total. The summed E-state index contributed by atoms with van der Waals surface area (Å²) >= 11 is 0. The van der Waals surface area contributed by atoms with Gasteiger partial charge in [-0.15, -0.1) is 0 Å². The predicted molar refractivity (Wildman–Crippen MR) is 62.2 cm³/mol. The number of benzene rings is 1. The SMILES string of the molecule is NCc1cn(-c2ccccc2O)c(=O)[nH]c1=O. The molecule has 2 rings (SSSR count). The van der Waals surface area contributed by atoms with E-state index < -0.39 is 11.2 Å². The van der Waals surface area contributed by atoms with Crippen molar-refractivity contribution >= 4 is 0 Å². The lowest BCUT2D eigenvalue weighted by Gasteiger charge is -2.08. The molecular formula is C11H11N3O3. The second-order valence-electron chi connectivity index (χ2n) is 3.48. The van der Waals surface area contributed by atoms with Crippen molar-refractivity contribution in [1.29, 1.82) is 0 Å². The molecule has 1 aromatic carbocycles. The molecule has 0 aliphatic rings. The Morgan fingerprint density at radius 3 is 2.65 bits per heavy atom. The van der Waals surface area contributed by atoms with Crippen LogP contribution in [0.15, 0.2) is 40.1 Å². The van der Waals surface area contributed by atoms with Crippen molar-refractivity contribution in [3.63, 3.8) is 0 Å². The summed E-state index contributed by atoms with van der Waals surface area (Å²) in [6.07, 6.45) is 1.33. The molecule has 6 heteroatoms. The van der Waals surface area contributed by atoms with Crippen molar-refractivity contribution in [3.8, 4) is 11.4 Å². The van der Waals surface area contributed by atoms with Crippen LogP contribution in [0.4, 0.5) is 0 Å². The van der Waals surface area contributed by atoms with Crippen molar-refractivity contribution < 1.29 is 5.11 Å². The Morgan fingerprint density at radius 1 is 1.29 bits per heavy atom. The van der Waals surface area contributed by atoms with Crippen LogP contribution in [0.2, 0.25) is 0 Å². The number of hydrogen-bond donors (Lipinski definition) is 3.